The minimum Gasteiger partial charge on any atom is -0.313 e. The largest absolute Gasteiger partial charge is 0.313 e. The van der Waals surface area contributed by atoms with Gasteiger partial charge >= 0.3 is 0 Å². The van der Waals surface area contributed by atoms with E-state index in [4.69, 9.17) is 16.9 Å². The van der Waals surface area contributed by atoms with Gasteiger partial charge in [0.05, 0.1) is 0 Å². The standard InChI is InChI=1S/C11H12ClFN2/c1-8-5-10(12)9(6-11(8)13)3-4-15(2)7-14/h5-6H,3-4H2,1-2H3. The Balaban J connectivity index is 2.78. The quantitative estimate of drug-likeness (QED) is 0.585. The number of likely N-dealkylation sites (N-methyl/N-ethyl adjacent to an activating group) is 1. The Labute approximate surface area is 93.9 Å². The molecule has 0 aromatic heterocycles. The zero-order chi connectivity index (χ0) is 11.4. The van der Waals surface area contributed by atoms with Gasteiger partial charge in [0.15, 0.2) is 6.19 Å². The summed E-state index contributed by atoms with van der Waals surface area (Å²) in [5.41, 5.74) is 1.28. The van der Waals surface area contributed by atoms with Gasteiger partial charge in [-0.2, -0.15) is 5.26 Å². The lowest BCUT2D eigenvalue weighted by Gasteiger charge is -2.10. The van der Waals surface area contributed by atoms with Crippen molar-refractivity contribution in [1.82, 2.24) is 4.90 Å². The fraction of sp³-hybridized carbons (Fsp3) is 0.364. The number of halogens is 2. The van der Waals surface area contributed by atoms with E-state index >= 15 is 0 Å². The van der Waals surface area contributed by atoms with Crippen molar-refractivity contribution >= 4 is 11.6 Å². The molecule has 1 aromatic rings. The molecule has 0 spiro atoms. The summed E-state index contributed by atoms with van der Waals surface area (Å²) < 4.78 is 13.2. The number of hydrogen-bond donors (Lipinski definition) is 0. The maximum Gasteiger partial charge on any atom is 0.179 e. The summed E-state index contributed by atoms with van der Waals surface area (Å²) in [5.74, 6) is -0.256. The van der Waals surface area contributed by atoms with Crippen LogP contribution in [0.3, 0.4) is 0 Å². The Morgan fingerprint density at radius 1 is 1.53 bits per heavy atom. The predicted octanol–water partition coefficient (Wildman–Crippen LogP) is 2.74. The number of nitrogens with zero attached hydrogens (tertiary/aromatic N) is 2. The summed E-state index contributed by atoms with van der Waals surface area (Å²) in [6.07, 6.45) is 2.55. The fourth-order valence-corrected chi connectivity index (χ4v) is 1.53. The van der Waals surface area contributed by atoms with Crippen LogP contribution in [0.25, 0.3) is 0 Å². The van der Waals surface area contributed by atoms with Crippen LogP contribution in [0.5, 0.6) is 0 Å². The number of rotatable bonds is 3. The van der Waals surface area contributed by atoms with Crippen LogP contribution in [0, 0.1) is 24.2 Å². The van der Waals surface area contributed by atoms with E-state index in [0.717, 1.165) is 5.56 Å². The maximum absolute atomic E-state index is 13.2. The van der Waals surface area contributed by atoms with Gasteiger partial charge in [-0.15, -0.1) is 0 Å². The molecule has 0 heterocycles. The second-order valence-corrected chi connectivity index (χ2v) is 3.87. The van der Waals surface area contributed by atoms with Crippen LogP contribution in [0.1, 0.15) is 11.1 Å². The average Bonchev–Trinajstić information content (AvgIpc) is 2.21. The Bertz CT molecular complexity index is 398. The van der Waals surface area contributed by atoms with Crippen molar-refractivity contribution in [2.75, 3.05) is 13.6 Å². The molecule has 2 nitrogen and oxygen atoms in total. The lowest BCUT2D eigenvalue weighted by molar-refractivity contribution is 0.477. The molecule has 0 N–H and O–H groups in total. The van der Waals surface area contributed by atoms with E-state index in [1.807, 2.05) is 6.19 Å². The monoisotopic (exact) mass is 226 g/mol. The van der Waals surface area contributed by atoms with E-state index in [-0.39, 0.29) is 5.82 Å². The minimum atomic E-state index is -0.256. The van der Waals surface area contributed by atoms with E-state index < -0.39 is 0 Å². The fourth-order valence-electron chi connectivity index (χ4n) is 1.22. The van der Waals surface area contributed by atoms with Gasteiger partial charge in [0.25, 0.3) is 0 Å². The number of aryl methyl sites for hydroxylation is 1. The lowest BCUT2D eigenvalue weighted by Crippen LogP contribution is -2.14. The van der Waals surface area contributed by atoms with Gasteiger partial charge in [-0.05, 0) is 36.6 Å². The van der Waals surface area contributed by atoms with Gasteiger partial charge in [-0.25, -0.2) is 4.39 Å². The molecule has 0 saturated carbocycles. The first-order valence-electron chi connectivity index (χ1n) is 4.60. The van der Waals surface area contributed by atoms with Crippen LogP contribution < -0.4 is 0 Å². The van der Waals surface area contributed by atoms with Gasteiger partial charge in [0, 0.05) is 18.6 Å². The predicted molar refractivity (Wildman–Crippen MR) is 58.1 cm³/mol. The third-order valence-electron chi connectivity index (χ3n) is 2.21. The van der Waals surface area contributed by atoms with Crippen LogP contribution in [0.4, 0.5) is 4.39 Å². The normalized spacial score (nSPS) is 9.80. The molecule has 0 bridgehead atoms. The highest BCUT2D eigenvalue weighted by Gasteiger charge is 2.06. The molecule has 0 saturated heterocycles. The molecule has 80 valence electrons. The van der Waals surface area contributed by atoms with Crippen molar-refractivity contribution in [2.45, 2.75) is 13.3 Å². The number of nitriles is 1. The summed E-state index contributed by atoms with van der Waals surface area (Å²) in [6, 6.07) is 3.04. The van der Waals surface area contributed by atoms with E-state index in [1.54, 1.807) is 20.0 Å². The van der Waals surface area contributed by atoms with E-state index in [2.05, 4.69) is 0 Å². The highest BCUT2D eigenvalue weighted by molar-refractivity contribution is 6.31. The maximum atomic E-state index is 13.2. The first-order valence-corrected chi connectivity index (χ1v) is 4.97. The molecule has 1 rings (SSSR count). The van der Waals surface area contributed by atoms with E-state index in [9.17, 15) is 4.39 Å². The Morgan fingerprint density at radius 2 is 2.20 bits per heavy atom. The highest BCUT2D eigenvalue weighted by Crippen LogP contribution is 2.20. The van der Waals surface area contributed by atoms with Gasteiger partial charge in [-0.1, -0.05) is 11.6 Å². The Morgan fingerprint density at radius 3 is 2.80 bits per heavy atom. The first kappa shape index (κ1) is 11.8. The number of benzene rings is 1. The van der Waals surface area contributed by atoms with Gasteiger partial charge in [-0.3, -0.25) is 0 Å². The van der Waals surface area contributed by atoms with E-state index in [1.165, 1.54) is 11.0 Å². The zero-order valence-corrected chi connectivity index (χ0v) is 9.48. The third kappa shape index (κ3) is 3.10. The smallest absolute Gasteiger partial charge is 0.179 e. The third-order valence-corrected chi connectivity index (χ3v) is 2.57. The molecule has 0 aliphatic rings. The van der Waals surface area contributed by atoms with Crippen LogP contribution >= 0.6 is 11.6 Å². The molecule has 0 aliphatic heterocycles. The molecule has 0 unspecified atom stereocenters. The Hall–Kier alpha value is -1.27. The van der Waals surface area contributed by atoms with Gasteiger partial charge in [0.1, 0.15) is 5.82 Å². The summed E-state index contributed by atoms with van der Waals surface area (Å²) in [4.78, 5) is 1.48. The van der Waals surface area contributed by atoms with Crippen molar-refractivity contribution in [3.63, 3.8) is 0 Å². The Kier molecular flexibility index (Phi) is 3.93. The van der Waals surface area contributed by atoms with Crippen molar-refractivity contribution < 1.29 is 4.39 Å². The molecular formula is C11H12ClFN2. The van der Waals surface area contributed by atoms with Crippen LogP contribution in [-0.4, -0.2) is 18.5 Å². The molecule has 4 heteroatoms. The molecule has 15 heavy (non-hydrogen) atoms. The van der Waals surface area contributed by atoms with Crippen LogP contribution in [0.15, 0.2) is 12.1 Å². The molecule has 0 amide bonds. The SMILES string of the molecule is Cc1cc(Cl)c(CCN(C)C#N)cc1F. The second-order valence-electron chi connectivity index (χ2n) is 3.46. The van der Waals surface area contributed by atoms with Crippen LogP contribution in [0.2, 0.25) is 5.02 Å². The summed E-state index contributed by atoms with van der Waals surface area (Å²) in [6.45, 7) is 2.21. The van der Waals surface area contributed by atoms with Crippen molar-refractivity contribution in [3.8, 4) is 6.19 Å². The van der Waals surface area contributed by atoms with Gasteiger partial charge in [0.2, 0.25) is 0 Å². The molecule has 0 fully saturated rings. The van der Waals surface area contributed by atoms with Crippen molar-refractivity contribution in [3.05, 3.63) is 34.1 Å². The lowest BCUT2D eigenvalue weighted by atomic mass is 10.1. The van der Waals surface area contributed by atoms with Crippen LogP contribution in [-0.2, 0) is 6.42 Å². The molecule has 0 radical (unpaired) electrons. The summed E-state index contributed by atoms with van der Waals surface area (Å²) in [5, 5.41) is 9.11. The first-order chi connectivity index (χ1) is 7.04. The summed E-state index contributed by atoms with van der Waals surface area (Å²) in [7, 11) is 1.68. The average molecular weight is 227 g/mol. The second kappa shape index (κ2) is 4.99. The van der Waals surface area contributed by atoms with Crippen molar-refractivity contribution in [1.29, 1.82) is 5.26 Å². The topological polar surface area (TPSA) is 27.0 Å². The molecule has 1 aromatic carbocycles. The zero-order valence-electron chi connectivity index (χ0n) is 8.72. The molecular weight excluding hydrogens is 215 g/mol. The summed E-state index contributed by atoms with van der Waals surface area (Å²) >= 11 is 5.96. The van der Waals surface area contributed by atoms with Crippen molar-refractivity contribution in [2.24, 2.45) is 0 Å². The highest BCUT2D eigenvalue weighted by atomic mass is 35.5. The van der Waals surface area contributed by atoms with Gasteiger partial charge < -0.3 is 4.90 Å². The van der Waals surface area contributed by atoms with E-state index in [0.29, 0.717) is 23.6 Å². The molecule has 0 atom stereocenters. The minimum absolute atomic E-state index is 0.256. The molecule has 0 aliphatic carbocycles. The number of hydrogen-bond acceptors (Lipinski definition) is 2.